The lowest BCUT2D eigenvalue weighted by Crippen LogP contribution is -2.69. The molecule has 4 aromatic rings. The first kappa shape index (κ1) is 53.6. The second kappa shape index (κ2) is 24.0. The van der Waals surface area contributed by atoms with Crippen molar-refractivity contribution in [3.63, 3.8) is 0 Å². The Morgan fingerprint density at radius 2 is 1.03 bits per heavy atom. The highest BCUT2D eigenvalue weighted by atomic mass is 32.3. The molecule has 4 aromatic carbocycles. The molecule has 0 aromatic heterocycles. The first-order valence-corrected chi connectivity index (χ1v) is 23.9. The van der Waals surface area contributed by atoms with Crippen LogP contribution in [-0.4, -0.2) is 176 Å². The fraction of sp³-hybridized carbons (Fsp3) is 0.408. The summed E-state index contributed by atoms with van der Waals surface area (Å²) in [5, 5.41) is 32.7. The Balaban J connectivity index is 1.35. The van der Waals surface area contributed by atoms with Crippen molar-refractivity contribution < 1.29 is 99.1 Å². The zero-order valence-electron chi connectivity index (χ0n) is 38.8. The third-order valence-corrected chi connectivity index (χ3v) is 12.4. The summed E-state index contributed by atoms with van der Waals surface area (Å²) in [5.41, 5.74) is 0.0671. The van der Waals surface area contributed by atoms with Crippen molar-refractivity contribution in [2.24, 2.45) is 0 Å². The van der Waals surface area contributed by atoms with Gasteiger partial charge in [-0.3, -0.25) is 14.2 Å². The van der Waals surface area contributed by atoms with Gasteiger partial charge in [-0.1, -0.05) is 72.8 Å². The van der Waals surface area contributed by atoms with Crippen molar-refractivity contribution in [1.29, 1.82) is 0 Å². The predicted octanol–water partition coefficient (Wildman–Crippen LogP) is 1.91. The molecule has 0 amide bonds. The molecular weight excluding hydrogens is 971 g/mol. The highest BCUT2D eigenvalue weighted by Crippen LogP contribution is 2.37. The molecule has 0 bridgehead atoms. The molecule has 0 aliphatic carbocycles. The van der Waals surface area contributed by atoms with E-state index in [0.717, 1.165) is 6.92 Å². The summed E-state index contributed by atoms with van der Waals surface area (Å²) in [4.78, 5) is 69.2. The van der Waals surface area contributed by atoms with Gasteiger partial charge < -0.3 is 58.0 Å². The third-order valence-electron chi connectivity index (χ3n) is 11.9. The summed E-state index contributed by atoms with van der Waals surface area (Å²) in [6.07, 6.45) is -23.6. The van der Waals surface area contributed by atoms with E-state index in [1.807, 2.05) is 0 Å². The van der Waals surface area contributed by atoms with Crippen LogP contribution in [0, 0.1) is 0 Å². The molecule has 22 nitrogen and oxygen atoms in total. The summed E-state index contributed by atoms with van der Waals surface area (Å²) in [6, 6.07) is 29.0. The van der Waals surface area contributed by atoms with Crippen molar-refractivity contribution in [2.75, 3.05) is 26.8 Å². The van der Waals surface area contributed by atoms with Crippen LogP contribution in [0.5, 0.6) is 0 Å². The average molecular weight is 1020 g/mol. The van der Waals surface area contributed by atoms with Gasteiger partial charge in [0.1, 0.15) is 55.9 Å². The average Bonchev–Trinajstić information content (AvgIpc) is 3.36. The van der Waals surface area contributed by atoms with Crippen molar-refractivity contribution in [3.8, 4) is 0 Å². The number of piperidine rings is 1. The number of ether oxygens (including phenoxy) is 9. The summed E-state index contributed by atoms with van der Waals surface area (Å²) in [5.74, 6) is -4.81. The number of esters is 5. The van der Waals surface area contributed by atoms with Crippen molar-refractivity contribution >= 4 is 40.2 Å². The van der Waals surface area contributed by atoms with Crippen molar-refractivity contribution in [2.45, 2.75) is 99.6 Å². The lowest BCUT2D eigenvalue weighted by Gasteiger charge is -2.51. The minimum atomic E-state index is -5.62. The maximum Gasteiger partial charge on any atom is 0.397 e. The number of aliphatic hydroxyl groups is 3. The number of rotatable bonds is 17. The molecule has 14 atom stereocenters. The second-order valence-electron chi connectivity index (χ2n) is 17.0. The first-order chi connectivity index (χ1) is 34.4. The Morgan fingerprint density at radius 1 is 0.569 bits per heavy atom. The SMILES string of the molecule is CC(=O)O[C@H]1CN(C)[C@H](COC(=O)c2ccccc2)[C@@H](O[C@@H]2O[C@@H](C)[C@@H](O)[C@@H](O)[C@@H]2O)[C@@H]1O[C@@H]1O[C@H](COC(=O)c2ccccc2)[C@H](OC(=O)c2ccccc2)[C@H](OS(=O)(=O)O)[C@H]1OC(=O)c1ccccc1. The monoisotopic (exact) mass is 1020 g/mol. The largest absolute Gasteiger partial charge is 0.460 e. The minimum Gasteiger partial charge on any atom is -0.460 e. The smallest absolute Gasteiger partial charge is 0.397 e. The van der Waals surface area contributed by atoms with Crippen molar-refractivity contribution in [1.82, 2.24) is 4.90 Å². The number of benzene rings is 4. The van der Waals surface area contributed by atoms with E-state index in [2.05, 4.69) is 0 Å². The second-order valence-corrected chi connectivity index (χ2v) is 18.0. The van der Waals surface area contributed by atoms with Crippen LogP contribution < -0.4 is 0 Å². The van der Waals surface area contributed by atoms with E-state index >= 15 is 0 Å². The van der Waals surface area contributed by atoms with E-state index in [-0.39, 0.29) is 28.8 Å². The Hall–Kier alpha value is -6.22. The van der Waals surface area contributed by atoms with E-state index in [4.69, 9.17) is 46.8 Å². The van der Waals surface area contributed by atoms with E-state index in [0.29, 0.717) is 0 Å². The molecule has 3 aliphatic heterocycles. The van der Waals surface area contributed by atoms with E-state index in [9.17, 15) is 52.3 Å². The molecule has 7 rings (SSSR count). The number of hydrogen-bond acceptors (Lipinski definition) is 21. The molecule has 386 valence electrons. The molecule has 3 heterocycles. The van der Waals surface area contributed by atoms with Gasteiger partial charge in [-0.15, -0.1) is 0 Å². The molecule has 23 heteroatoms. The predicted molar refractivity (Wildman–Crippen MR) is 244 cm³/mol. The highest BCUT2D eigenvalue weighted by Gasteiger charge is 2.58. The number of aliphatic hydroxyl groups excluding tert-OH is 3. The van der Waals surface area contributed by atoms with Gasteiger partial charge in [0, 0.05) is 13.5 Å². The maximum atomic E-state index is 14.1. The van der Waals surface area contributed by atoms with E-state index < -0.39 is 139 Å². The summed E-state index contributed by atoms with van der Waals surface area (Å²) >= 11 is 0. The van der Waals surface area contributed by atoms with Gasteiger partial charge in [0.25, 0.3) is 0 Å². The van der Waals surface area contributed by atoms with Crippen LogP contribution in [-0.2, 0) is 62.0 Å². The van der Waals surface area contributed by atoms with Gasteiger partial charge in [-0.2, -0.15) is 8.42 Å². The third kappa shape index (κ3) is 13.4. The van der Waals surface area contributed by atoms with Crippen LogP contribution >= 0.6 is 0 Å². The Kier molecular flexibility index (Phi) is 17.9. The molecular formula is C49H53NO21S. The van der Waals surface area contributed by atoms with Crippen LogP contribution in [0.3, 0.4) is 0 Å². The number of hydrogen-bond donors (Lipinski definition) is 4. The number of carbonyl (C=O) groups is 5. The zero-order chi connectivity index (χ0) is 51.7. The molecule has 72 heavy (non-hydrogen) atoms. The maximum absolute atomic E-state index is 14.1. The van der Waals surface area contributed by atoms with Crippen LogP contribution in [0.4, 0.5) is 0 Å². The van der Waals surface area contributed by atoms with Gasteiger partial charge in [0.05, 0.1) is 34.4 Å². The number of likely N-dealkylation sites (tertiary alicyclic amines) is 1. The minimum absolute atomic E-state index is 0.0621. The normalized spacial score (nSPS) is 29.8. The van der Waals surface area contributed by atoms with Crippen LogP contribution in [0.1, 0.15) is 55.3 Å². The Labute approximate surface area is 413 Å². The molecule has 0 spiro atoms. The highest BCUT2D eigenvalue weighted by molar-refractivity contribution is 7.80. The Bertz CT molecular complexity index is 2580. The summed E-state index contributed by atoms with van der Waals surface area (Å²) < 4.78 is 95.8. The van der Waals surface area contributed by atoms with E-state index in [1.54, 1.807) is 60.5 Å². The first-order valence-electron chi connectivity index (χ1n) is 22.5. The molecule has 0 unspecified atom stereocenters. The van der Waals surface area contributed by atoms with Gasteiger partial charge >= 0.3 is 40.2 Å². The molecule has 3 fully saturated rings. The van der Waals surface area contributed by atoms with Gasteiger partial charge in [-0.05, 0) is 62.5 Å². The summed E-state index contributed by atoms with van der Waals surface area (Å²) in [6.45, 7) is 0.872. The topological polar surface area (TPSA) is 296 Å². The quantitative estimate of drug-likeness (QED) is 0.0667. The number of nitrogens with zero attached hydrogens (tertiary/aromatic N) is 1. The van der Waals surface area contributed by atoms with Gasteiger partial charge in [0.2, 0.25) is 0 Å². The Morgan fingerprint density at radius 3 is 1.51 bits per heavy atom. The number of likely N-dealkylation sites (N-methyl/N-ethyl adjacent to an activating group) is 1. The van der Waals surface area contributed by atoms with Crippen LogP contribution in [0.2, 0.25) is 0 Å². The lowest BCUT2D eigenvalue weighted by molar-refractivity contribution is -0.352. The van der Waals surface area contributed by atoms with Gasteiger partial charge in [-0.25, -0.2) is 23.4 Å². The van der Waals surface area contributed by atoms with Crippen LogP contribution in [0.25, 0.3) is 0 Å². The molecule has 3 saturated heterocycles. The fourth-order valence-corrected chi connectivity index (χ4v) is 8.82. The molecule has 4 N–H and O–H groups in total. The standard InChI is InChI=1S/C49H53NO21S/c1-27-36(52)37(53)38(54)48(64-27)69-39-33(25-62-44(55)29-16-8-4-9-17-29)50(3)24-34(65-28(2)51)40(39)70-49-43(68-47(58)32-22-14-7-15-23-32)42(71-72(59,60)61)41(67-46(57)31-20-12-6-13-21-31)35(66-49)26-63-45(56)30-18-10-5-11-19-30/h4-23,27,33-43,48-49,52-54H,24-26H2,1-3H3,(H,59,60,61)/t27-,33+,34-,35+,36+,37+,38-,39+,40+,41-,42-,43+,48-,49-/m0/s1. The van der Waals surface area contributed by atoms with Crippen molar-refractivity contribution in [3.05, 3.63) is 144 Å². The lowest BCUT2D eigenvalue weighted by atomic mass is 9.92. The molecule has 0 saturated carbocycles. The number of carbonyl (C=O) groups excluding carboxylic acids is 5. The molecule has 0 radical (unpaired) electrons. The van der Waals surface area contributed by atoms with Gasteiger partial charge in [0.15, 0.2) is 30.9 Å². The zero-order valence-corrected chi connectivity index (χ0v) is 39.7. The summed E-state index contributed by atoms with van der Waals surface area (Å²) in [7, 11) is -4.07. The molecule has 3 aliphatic rings. The van der Waals surface area contributed by atoms with E-state index in [1.165, 1.54) is 79.7 Å². The van der Waals surface area contributed by atoms with Crippen LogP contribution in [0.15, 0.2) is 121 Å². The fourth-order valence-electron chi connectivity index (χ4n) is 8.32.